The van der Waals surface area contributed by atoms with Gasteiger partial charge in [-0.1, -0.05) is 31.9 Å². The highest BCUT2D eigenvalue weighted by atomic mass is 16.2. The number of hydrogen-bond donors (Lipinski definition) is 1. The van der Waals surface area contributed by atoms with E-state index in [9.17, 15) is 4.79 Å². The van der Waals surface area contributed by atoms with Crippen molar-refractivity contribution in [2.45, 2.75) is 32.6 Å². The van der Waals surface area contributed by atoms with Crippen LogP contribution in [0.15, 0.2) is 24.3 Å². The third kappa shape index (κ3) is 2.66. The van der Waals surface area contributed by atoms with Gasteiger partial charge in [-0.05, 0) is 35.4 Å². The van der Waals surface area contributed by atoms with Crippen LogP contribution in [-0.2, 0) is 11.8 Å². The molecule has 1 saturated carbocycles. The fourth-order valence-corrected chi connectivity index (χ4v) is 2.87. The van der Waals surface area contributed by atoms with E-state index in [0.29, 0.717) is 5.82 Å². The van der Waals surface area contributed by atoms with E-state index in [1.54, 1.807) is 11.7 Å². The van der Waals surface area contributed by atoms with Crippen LogP contribution >= 0.6 is 0 Å². The highest BCUT2D eigenvalue weighted by molar-refractivity contribution is 5.95. The summed E-state index contributed by atoms with van der Waals surface area (Å²) < 4.78 is 1.61. The summed E-state index contributed by atoms with van der Waals surface area (Å²) in [6, 6.07) is 7.63. The Bertz CT molecular complexity index is 658. The third-order valence-electron chi connectivity index (χ3n) is 4.25. The molecule has 0 unspecified atom stereocenters. The van der Waals surface area contributed by atoms with Crippen molar-refractivity contribution in [1.29, 1.82) is 0 Å². The third-order valence-corrected chi connectivity index (χ3v) is 4.25. The maximum absolute atomic E-state index is 12.4. The number of anilines is 1. The lowest BCUT2D eigenvalue weighted by atomic mass is 9.88. The van der Waals surface area contributed by atoms with E-state index < -0.39 is 0 Å². The van der Waals surface area contributed by atoms with Gasteiger partial charge < -0.3 is 5.32 Å². The Morgan fingerprint density at radius 1 is 1.33 bits per heavy atom. The largest absolute Gasteiger partial charge is 0.326 e. The molecule has 1 aliphatic rings. The van der Waals surface area contributed by atoms with Crippen molar-refractivity contribution in [2.24, 2.45) is 12.5 Å². The number of nitrogens with one attached hydrogen (secondary N) is 1. The number of hydrogen-bond acceptors (Lipinski definition) is 4. The maximum Gasteiger partial charge on any atom is 0.230 e. The highest BCUT2D eigenvalue weighted by Crippen LogP contribution is 2.38. The number of aryl methyl sites for hydroxylation is 1. The van der Waals surface area contributed by atoms with Crippen molar-refractivity contribution in [2.75, 3.05) is 5.32 Å². The van der Waals surface area contributed by atoms with E-state index in [1.165, 1.54) is 0 Å². The molecule has 0 atom stereocenters. The van der Waals surface area contributed by atoms with Crippen LogP contribution in [0.3, 0.4) is 0 Å². The monoisotopic (exact) mass is 285 g/mol. The minimum Gasteiger partial charge on any atom is -0.326 e. The van der Waals surface area contributed by atoms with Gasteiger partial charge >= 0.3 is 0 Å². The first-order chi connectivity index (χ1) is 10.1. The fraction of sp³-hybridized carbons (Fsp3) is 0.467. The quantitative estimate of drug-likeness (QED) is 0.939. The highest BCUT2D eigenvalue weighted by Gasteiger charge is 2.36. The molecule has 0 saturated heterocycles. The Kier molecular flexibility index (Phi) is 3.45. The van der Waals surface area contributed by atoms with E-state index >= 15 is 0 Å². The van der Waals surface area contributed by atoms with Gasteiger partial charge in [0, 0.05) is 23.7 Å². The Morgan fingerprint density at radius 2 is 2.10 bits per heavy atom. The molecule has 2 aromatic rings. The average molecular weight is 285 g/mol. The summed E-state index contributed by atoms with van der Waals surface area (Å²) in [5.74, 6) is 0.784. The van der Waals surface area contributed by atoms with Crippen LogP contribution in [0.5, 0.6) is 0 Å². The van der Waals surface area contributed by atoms with Crippen LogP contribution in [0, 0.1) is 5.41 Å². The molecule has 0 bridgehead atoms. The van der Waals surface area contributed by atoms with Gasteiger partial charge in [0.2, 0.25) is 5.91 Å². The first-order valence-electron chi connectivity index (χ1n) is 7.23. The van der Waals surface area contributed by atoms with Gasteiger partial charge in [0.1, 0.15) is 0 Å². The number of amides is 1. The Hall–Kier alpha value is -2.24. The van der Waals surface area contributed by atoms with Crippen LogP contribution in [0.25, 0.3) is 11.4 Å². The van der Waals surface area contributed by atoms with Gasteiger partial charge in [-0.3, -0.25) is 4.79 Å². The van der Waals surface area contributed by atoms with Gasteiger partial charge in [-0.25, -0.2) is 4.68 Å². The Labute approximate surface area is 123 Å². The lowest BCUT2D eigenvalue weighted by Crippen LogP contribution is -2.30. The lowest BCUT2D eigenvalue weighted by Gasteiger charge is -2.22. The molecule has 1 aliphatic carbocycles. The molecule has 1 aromatic carbocycles. The van der Waals surface area contributed by atoms with Crippen molar-refractivity contribution in [3.63, 3.8) is 0 Å². The lowest BCUT2D eigenvalue weighted by molar-refractivity contribution is -0.124. The Balaban J connectivity index is 1.81. The molecule has 1 N–H and O–H groups in total. The minimum absolute atomic E-state index is 0.105. The molecule has 0 aliphatic heterocycles. The fourth-order valence-electron chi connectivity index (χ4n) is 2.87. The smallest absolute Gasteiger partial charge is 0.230 e. The summed E-state index contributed by atoms with van der Waals surface area (Å²) in [5, 5.41) is 14.5. The topological polar surface area (TPSA) is 72.7 Å². The molecule has 0 radical (unpaired) electrons. The van der Waals surface area contributed by atoms with Gasteiger partial charge in [0.25, 0.3) is 0 Å². The van der Waals surface area contributed by atoms with E-state index in [1.807, 2.05) is 31.2 Å². The number of rotatable bonds is 3. The van der Waals surface area contributed by atoms with E-state index in [-0.39, 0.29) is 11.3 Å². The zero-order valence-corrected chi connectivity index (χ0v) is 12.3. The molecule has 6 heteroatoms. The number of benzene rings is 1. The van der Waals surface area contributed by atoms with Crippen LogP contribution in [-0.4, -0.2) is 26.1 Å². The Morgan fingerprint density at radius 3 is 2.76 bits per heavy atom. The van der Waals surface area contributed by atoms with Gasteiger partial charge in [0.05, 0.1) is 0 Å². The zero-order chi connectivity index (χ0) is 14.9. The molecule has 1 amide bonds. The summed E-state index contributed by atoms with van der Waals surface area (Å²) in [6.45, 7) is 2.05. The van der Waals surface area contributed by atoms with Gasteiger partial charge in [-0.15, -0.1) is 5.10 Å². The SMILES string of the molecule is Cn1nnnc1-c1cccc(NC(=O)C2(C)CCCC2)c1. The first-order valence-corrected chi connectivity index (χ1v) is 7.23. The second-order valence-corrected chi connectivity index (χ2v) is 5.93. The van der Waals surface area contributed by atoms with Crippen molar-refractivity contribution in [3.05, 3.63) is 24.3 Å². The second kappa shape index (κ2) is 5.27. The maximum atomic E-state index is 12.4. The molecule has 110 valence electrons. The number of tetrazole rings is 1. The minimum atomic E-state index is -0.234. The van der Waals surface area contributed by atoms with Crippen molar-refractivity contribution in [1.82, 2.24) is 20.2 Å². The molecule has 1 aromatic heterocycles. The zero-order valence-electron chi connectivity index (χ0n) is 12.3. The van der Waals surface area contributed by atoms with Crippen molar-refractivity contribution in [3.8, 4) is 11.4 Å². The van der Waals surface area contributed by atoms with E-state index in [0.717, 1.165) is 36.9 Å². The summed E-state index contributed by atoms with van der Waals surface area (Å²) in [7, 11) is 1.79. The van der Waals surface area contributed by atoms with Crippen molar-refractivity contribution < 1.29 is 4.79 Å². The standard InChI is InChI=1S/C15H19N5O/c1-15(8-3-4-9-15)14(21)16-12-7-5-6-11(10-12)13-17-18-19-20(13)2/h5-7,10H,3-4,8-9H2,1-2H3,(H,16,21). The second-order valence-electron chi connectivity index (χ2n) is 5.93. The summed E-state index contributed by atoms with van der Waals surface area (Å²) >= 11 is 0. The summed E-state index contributed by atoms with van der Waals surface area (Å²) in [5.41, 5.74) is 1.44. The predicted octanol–water partition coefficient (Wildman–Crippen LogP) is 2.40. The van der Waals surface area contributed by atoms with Crippen LogP contribution < -0.4 is 5.32 Å². The van der Waals surface area contributed by atoms with E-state index in [4.69, 9.17) is 0 Å². The molecule has 3 rings (SSSR count). The van der Waals surface area contributed by atoms with Crippen LogP contribution in [0.2, 0.25) is 0 Å². The number of nitrogens with zero attached hydrogens (tertiary/aromatic N) is 4. The van der Waals surface area contributed by atoms with Crippen molar-refractivity contribution >= 4 is 11.6 Å². The molecule has 0 spiro atoms. The van der Waals surface area contributed by atoms with Gasteiger partial charge in [-0.2, -0.15) is 0 Å². The normalized spacial score (nSPS) is 16.9. The first kappa shape index (κ1) is 13.7. The molecule has 1 fully saturated rings. The van der Waals surface area contributed by atoms with Gasteiger partial charge in [0.15, 0.2) is 5.82 Å². The van der Waals surface area contributed by atoms with Crippen LogP contribution in [0.1, 0.15) is 32.6 Å². The summed E-state index contributed by atoms with van der Waals surface area (Å²) in [4.78, 5) is 12.4. The molecule has 6 nitrogen and oxygen atoms in total. The predicted molar refractivity (Wildman–Crippen MR) is 79.4 cm³/mol. The number of carbonyl (C=O) groups excluding carboxylic acids is 1. The average Bonchev–Trinajstić information content (AvgIpc) is 3.09. The summed E-state index contributed by atoms with van der Waals surface area (Å²) in [6.07, 6.45) is 4.20. The molecule has 1 heterocycles. The number of carbonyl (C=O) groups is 1. The molecular formula is C15H19N5O. The molecule has 21 heavy (non-hydrogen) atoms. The number of aromatic nitrogens is 4. The molecular weight excluding hydrogens is 266 g/mol. The van der Waals surface area contributed by atoms with E-state index in [2.05, 4.69) is 20.8 Å². The van der Waals surface area contributed by atoms with Crippen LogP contribution in [0.4, 0.5) is 5.69 Å².